The van der Waals surface area contributed by atoms with Gasteiger partial charge in [0.2, 0.25) is 0 Å². The fraction of sp³-hybridized carbons (Fsp3) is 0.300. The molecule has 2 atom stereocenters. The molecule has 0 saturated carbocycles. The maximum Gasteiger partial charge on any atom is 0.177 e. The Kier molecular flexibility index (Phi) is 6.85. The smallest absolute Gasteiger partial charge is 0.177 e. The van der Waals surface area contributed by atoms with Gasteiger partial charge in [-0.05, 0) is 36.3 Å². The predicted molar refractivity (Wildman–Crippen MR) is 94.3 cm³/mol. The molecule has 0 amide bonds. The molecule has 0 radical (unpaired) electrons. The summed E-state index contributed by atoms with van der Waals surface area (Å²) in [6.07, 6.45) is 1.08. The molecule has 0 aliphatic carbocycles. The second-order valence-electron chi connectivity index (χ2n) is 5.29. The van der Waals surface area contributed by atoms with Gasteiger partial charge in [-0.3, -0.25) is 0 Å². The van der Waals surface area contributed by atoms with Gasteiger partial charge in [-0.1, -0.05) is 43.0 Å². The molecular formula is C20H24O4. The van der Waals surface area contributed by atoms with Gasteiger partial charge in [-0.2, -0.15) is 0 Å². The van der Waals surface area contributed by atoms with Crippen molar-refractivity contribution < 1.29 is 18.9 Å². The van der Waals surface area contributed by atoms with Crippen LogP contribution in [0.2, 0.25) is 0 Å². The maximum absolute atomic E-state index is 5.91. The third kappa shape index (κ3) is 4.85. The number of benzene rings is 2. The standard InChI is InChI=1S/C20H24O4/c1-5-20(24-15(2)17-9-7-6-8-10-17)23-14-16-11-12-18(21-3)19(13-16)22-4/h5-13,15,20H,1,14H2,2-4H3. The average Bonchev–Trinajstić information content (AvgIpc) is 2.65. The van der Waals surface area contributed by atoms with Crippen LogP contribution in [0.4, 0.5) is 0 Å². The van der Waals surface area contributed by atoms with Crippen molar-refractivity contribution in [1.29, 1.82) is 0 Å². The minimum absolute atomic E-state index is 0.0837. The number of hydrogen-bond acceptors (Lipinski definition) is 4. The van der Waals surface area contributed by atoms with Gasteiger partial charge >= 0.3 is 0 Å². The summed E-state index contributed by atoms with van der Waals surface area (Å²) in [6.45, 7) is 6.17. The summed E-state index contributed by atoms with van der Waals surface area (Å²) in [6, 6.07) is 15.7. The molecule has 4 heteroatoms. The van der Waals surface area contributed by atoms with Crippen LogP contribution in [-0.4, -0.2) is 20.5 Å². The van der Waals surface area contributed by atoms with Crippen LogP contribution in [0.25, 0.3) is 0 Å². The maximum atomic E-state index is 5.91. The zero-order valence-corrected chi connectivity index (χ0v) is 14.4. The van der Waals surface area contributed by atoms with Crippen LogP contribution in [0.5, 0.6) is 11.5 Å². The Morgan fingerprint density at radius 3 is 2.33 bits per heavy atom. The highest BCUT2D eigenvalue weighted by Crippen LogP contribution is 2.28. The summed E-state index contributed by atoms with van der Waals surface area (Å²) in [4.78, 5) is 0. The Hall–Kier alpha value is -2.30. The van der Waals surface area contributed by atoms with Gasteiger partial charge < -0.3 is 18.9 Å². The van der Waals surface area contributed by atoms with Crippen LogP contribution >= 0.6 is 0 Å². The van der Waals surface area contributed by atoms with Gasteiger partial charge in [0.1, 0.15) is 0 Å². The van der Waals surface area contributed by atoms with Crippen molar-refractivity contribution in [3.63, 3.8) is 0 Å². The van der Waals surface area contributed by atoms with Crippen molar-refractivity contribution >= 4 is 0 Å². The topological polar surface area (TPSA) is 36.9 Å². The summed E-state index contributed by atoms with van der Waals surface area (Å²) in [5.41, 5.74) is 2.06. The fourth-order valence-electron chi connectivity index (χ4n) is 2.32. The van der Waals surface area contributed by atoms with E-state index in [9.17, 15) is 0 Å². The fourth-order valence-corrected chi connectivity index (χ4v) is 2.32. The molecule has 0 bridgehead atoms. The van der Waals surface area contributed by atoms with Crippen LogP contribution in [0.1, 0.15) is 24.2 Å². The highest BCUT2D eigenvalue weighted by Gasteiger charge is 2.13. The molecule has 0 saturated heterocycles. The second kappa shape index (κ2) is 9.11. The molecule has 0 heterocycles. The lowest BCUT2D eigenvalue weighted by molar-refractivity contribution is -0.146. The van der Waals surface area contributed by atoms with E-state index in [1.54, 1.807) is 20.3 Å². The first-order valence-electron chi connectivity index (χ1n) is 7.83. The number of methoxy groups -OCH3 is 2. The summed E-state index contributed by atoms with van der Waals surface area (Å²) < 4.78 is 22.3. The molecule has 4 nitrogen and oxygen atoms in total. The zero-order chi connectivity index (χ0) is 17.4. The molecule has 0 aliphatic heterocycles. The largest absolute Gasteiger partial charge is 0.493 e. The Labute approximate surface area is 143 Å². The normalized spacial score (nSPS) is 13.1. The Morgan fingerprint density at radius 2 is 1.71 bits per heavy atom. The van der Waals surface area contributed by atoms with Gasteiger partial charge in [-0.15, -0.1) is 0 Å². The molecule has 0 aromatic heterocycles. The highest BCUT2D eigenvalue weighted by molar-refractivity contribution is 5.42. The van der Waals surface area contributed by atoms with E-state index in [0.29, 0.717) is 18.1 Å². The first-order chi connectivity index (χ1) is 11.7. The molecule has 2 unspecified atom stereocenters. The Balaban J connectivity index is 1.95. The summed E-state index contributed by atoms with van der Waals surface area (Å²) in [5, 5.41) is 0. The van der Waals surface area contributed by atoms with Crippen molar-refractivity contribution in [2.75, 3.05) is 14.2 Å². The highest BCUT2D eigenvalue weighted by atomic mass is 16.7. The molecule has 0 aliphatic rings. The molecule has 2 rings (SSSR count). The van der Waals surface area contributed by atoms with Gasteiger partial charge in [0, 0.05) is 0 Å². The lowest BCUT2D eigenvalue weighted by atomic mass is 10.1. The minimum Gasteiger partial charge on any atom is -0.493 e. The zero-order valence-electron chi connectivity index (χ0n) is 14.4. The first kappa shape index (κ1) is 18.0. The number of ether oxygens (including phenoxy) is 4. The lowest BCUT2D eigenvalue weighted by Gasteiger charge is -2.20. The van der Waals surface area contributed by atoms with Gasteiger partial charge in [-0.25, -0.2) is 0 Å². The quantitative estimate of drug-likeness (QED) is 0.501. The summed E-state index contributed by atoms with van der Waals surface area (Å²) >= 11 is 0. The van der Waals surface area contributed by atoms with Crippen LogP contribution in [0.15, 0.2) is 61.2 Å². The van der Waals surface area contributed by atoms with E-state index in [-0.39, 0.29) is 6.10 Å². The van der Waals surface area contributed by atoms with Gasteiger partial charge in [0.05, 0.1) is 26.9 Å². The number of rotatable bonds is 9. The molecule has 0 N–H and O–H groups in total. The summed E-state index contributed by atoms with van der Waals surface area (Å²) in [7, 11) is 3.22. The SMILES string of the molecule is C=CC(OCc1ccc(OC)c(OC)c1)OC(C)c1ccccc1. The molecule has 128 valence electrons. The lowest BCUT2D eigenvalue weighted by Crippen LogP contribution is -2.16. The number of hydrogen-bond donors (Lipinski definition) is 0. The molecule has 0 fully saturated rings. The third-order valence-electron chi connectivity index (χ3n) is 3.66. The van der Waals surface area contributed by atoms with Crippen molar-refractivity contribution in [3.05, 3.63) is 72.3 Å². The Bertz CT molecular complexity index is 639. The van der Waals surface area contributed by atoms with Crippen LogP contribution in [-0.2, 0) is 16.1 Å². The van der Waals surface area contributed by atoms with Gasteiger partial charge in [0.25, 0.3) is 0 Å². The monoisotopic (exact) mass is 328 g/mol. The van der Waals surface area contributed by atoms with Crippen LogP contribution in [0.3, 0.4) is 0 Å². The minimum atomic E-state index is -0.492. The van der Waals surface area contributed by atoms with Crippen LogP contribution in [0, 0.1) is 0 Å². The molecule has 0 spiro atoms. The second-order valence-corrected chi connectivity index (χ2v) is 5.29. The Morgan fingerprint density at radius 1 is 1.00 bits per heavy atom. The van der Waals surface area contributed by atoms with E-state index < -0.39 is 6.29 Å². The van der Waals surface area contributed by atoms with E-state index in [1.807, 2.05) is 55.5 Å². The first-order valence-corrected chi connectivity index (χ1v) is 7.83. The van der Waals surface area contributed by atoms with E-state index in [2.05, 4.69) is 6.58 Å². The van der Waals surface area contributed by atoms with E-state index >= 15 is 0 Å². The predicted octanol–water partition coefficient (Wildman–Crippen LogP) is 4.51. The van der Waals surface area contributed by atoms with E-state index in [0.717, 1.165) is 11.1 Å². The van der Waals surface area contributed by atoms with Crippen molar-refractivity contribution in [2.24, 2.45) is 0 Å². The average molecular weight is 328 g/mol. The van der Waals surface area contributed by atoms with Crippen molar-refractivity contribution in [2.45, 2.75) is 25.9 Å². The molecule has 2 aromatic rings. The van der Waals surface area contributed by atoms with E-state index in [4.69, 9.17) is 18.9 Å². The molecule has 24 heavy (non-hydrogen) atoms. The molecule has 2 aromatic carbocycles. The van der Waals surface area contributed by atoms with Crippen LogP contribution < -0.4 is 9.47 Å². The molecular weight excluding hydrogens is 304 g/mol. The summed E-state index contributed by atoms with van der Waals surface area (Å²) in [5.74, 6) is 1.36. The third-order valence-corrected chi connectivity index (χ3v) is 3.66. The van der Waals surface area contributed by atoms with E-state index in [1.165, 1.54) is 0 Å². The van der Waals surface area contributed by atoms with Crippen molar-refractivity contribution in [3.8, 4) is 11.5 Å². The van der Waals surface area contributed by atoms with Gasteiger partial charge in [0.15, 0.2) is 17.8 Å². The van der Waals surface area contributed by atoms with Crippen molar-refractivity contribution in [1.82, 2.24) is 0 Å².